The van der Waals surface area contributed by atoms with E-state index < -0.39 is 11.9 Å². The second-order valence-electron chi connectivity index (χ2n) is 7.63. The van der Waals surface area contributed by atoms with Gasteiger partial charge in [0.1, 0.15) is 10.0 Å². The van der Waals surface area contributed by atoms with Crippen molar-refractivity contribution in [2.24, 2.45) is 5.92 Å². The standard InChI is InChI=1S/C24H27N3O3S/c1-3-22-26-27-23(31-22)15-21(28)25-20(13-16(2)24(29)30)14-17-9-11-19(12-10-17)18-7-5-4-6-8-18/h4-12,16,20H,3,13-15H2,1-2H3,(H,25,28)(H,29,30)/t16-,20+/m1/s1. The van der Waals surface area contributed by atoms with Crippen LogP contribution in [-0.4, -0.2) is 33.2 Å². The lowest BCUT2D eigenvalue weighted by atomic mass is 9.95. The average molecular weight is 438 g/mol. The van der Waals surface area contributed by atoms with Crippen LogP contribution in [0.15, 0.2) is 54.6 Å². The Hall–Kier alpha value is -3.06. The van der Waals surface area contributed by atoms with E-state index in [4.69, 9.17) is 0 Å². The maximum Gasteiger partial charge on any atom is 0.306 e. The highest BCUT2D eigenvalue weighted by Gasteiger charge is 2.21. The molecule has 1 aromatic heterocycles. The molecule has 6 nitrogen and oxygen atoms in total. The SMILES string of the molecule is CCc1nnc(CC(=O)N[C@H](Cc2ccc(-c3ccccc3)cc2)C[C@@H](C)C(=O)O)s1. The highest BCUT2D eigenvalue weighted by Crippen LogP contribution is 2.21. The molecule has 2 N–H and O–H groups in total. The van der Waals surface area contributed by atoms with Crippen molar-refractivity contribution in [1.29, 1.82) is 0 Å². The normalized spacial score (nSPS) is 12.8. The summed E-state index contributed by atoms with van der Waals surface area (Å²) >= 11 is 1.43. The van der Waals surface area contributed by atoms with E-state index in [1.807, 2.05) is 37.3 Å². The Morgan fingerprint density at radius 1 is 1.00 bits per heavy atom. The molecule has 0 saturated heterocycles. The summed E-state index contributed by atoms with van der Waals surface area (Å²) in [6.45, 7) is 3.66. The van der Waals surface area contributed by atoms with Crippen LogP contribution in [0.4, 0.5) is 0 Å². The molecule has 0 radical (unpaired) electrons. The molecule has 0 aliphatic heterocycles. The summed E-state index contributed by atoms with van der Waals surface area (Å²) in [6.07, 6.45) is 1.87. The van der Waals surface area contributed by atoms with Crippen LogP contribution in [-0.2, 0) is 28.9 Å². The zero-order valence-electron chi connectivity index (χ0n) is 17.7. The van der Waals surface area contributed by atoms with Crippen LogP contribution in [0, 0.1) is 5.92 Å². The molecule has 0 aliphatic rings. The fraction of sp³-hybridized carbons (Fsp3) is 0.333. The second-order valence-corrected chi connectivity index (χ2v) is 8.77. The number of nitrogens with zero attached hydrogens (tertiary/aromatic N) is 2. The molecule has 162 valence electrons. The van der Waals surface area contributed by atoms with Gasteiger partial charge in [-0.1, -0.05) is 68.4 Å². The van der Waals surface area contributed by atoms with E-state index >= 15 is 0 Å². The number of aliphatic carboxylic acids is 1. The van der Waals surface area contributed by atoms with Gasteiger partial charge in [0, 0.05) is 6.04 Å². The Kier molecular flexibility index (Phi) is 7.89. The van der Waals surface area contributed by atoms with Gasteiger partial charge in [0.25, 0.3) is 0 Å². The van der Waals surface area contributed by atoms with Gasteiger partial charge in [0.2, 0.25) is 5.91 Å². The van der Waals surface area contributed by atoms with Crippen LogP contribution in [0.2, 0.25) is 0 Å². The van der Waals surface area contributed by atoms with Gasteiger partial charge < -0.3 is 10.4 Å². The van der Waals surface area contributed by atoms with Gasteiger partial charge in [-0.05, 0) is 36.0 Å². The van der Waals surface area contributed by atoms with Gasteiger partial charge >= 0.3 is 5.97 Å². The molecule has 2 atom stereocenters. The van der Waals surface area contributed by atoms with Gasteiger partial charge in [-0.15, -0.1) is 21.5 Å². The van der Waals surface area contributed by atoms with E-state index in [1.54, 1.807) is 6.92 Å². The van der Waals surface area contributed by atoms with Crippen LogP contribution >= 0.6 is 11.3 Å². The summed E-state index contributed by atoms with van der Waals surface area (Å²) in [5.41, 5.74) is 3.31. The number of amides is 1. The molecule has 7 heteroatoms. The lowest BCUT2D eigenvalue weighted by Gasteiger charge is -2.21. The van der Waals surface area contributed by atoms with Crippen molar-refractivity contribution in [1.82, 2.24) is 15.5 Å². The molecule has 1 heterocycles. The van der Waals surface area contributed by atoms with Crippen molar-refractivity contribution in [3.05, 3.63) is 70.2 Å². The van der Waals surface area contributed by atoms with Gasteiger partial charge in [-0.3, -0.25) is 9.59 Å². The summed E-state index contributed by atoms with van der Waals surface area (Å²) in [7, 11) is 0. The van der Waals surface area contributed by atoms with Crippen molar-refractivity contribution in [2.75, 3.05) is 0 Å². The largest absolute Gasteiger partial charge is 0.481 e. The number of hydrogen-bond acceptors (Lipinski definition) is 5. The molecule has 0 unspecified atom stereocenters. The van der Waals surface area contributed by atoms with E-state index in [9.17, 15) is 14.7 Å². The predicted molar refractivity (Wildman–Crippen MR) is 122 cm³/mol. The van der Waals surface area contributed by atoms with Crippen molar-refractivity contribution in [3.63, 3.8) is 0 Å². The number of benzene rings is 2. The fourth-order valence-corrected chi connectivity index (χ4v) is 4.17. The molecule has 1 amide bonds. The van der Waals surface area contributed by atoms with E-state index in [2.05, 4.69) is 39.8 Å². The second kappa shape index (κ2) is 10.8. The molecular weight excluding hydrogens is 410 g/mol. The number of nitrogens with one attached hydrogen (secondary N) is 1. The number of rotatable bonds is 10. The third-order valence-corrected chi connectivity index (χ3v) is 6.16. The molecule has 0 spiro atoms. The summed E-state index contributed by atoms with van der Waals surface area (Å²) in [5.74, 6) is -1.58. The zero-order chi connectivity index (χ0) is 22.2. The number of carbonyl (C=O) groups is 2. The first kappa shape index (κ1) is 22.6. The fourth-order valence-electron chi connectivity index (χ4n) is 3.39. The Morgan fingerprint density at radius 2 is 1.65 bits per heavy atom. The van der Waals surface area contributed by atoms with Crippen molar-refractivity contribution in [2.45, 2.75) is 45.6 Å². The average Bonchev–Trinajstić information content (AvgIpc) is 3.22. The van der Waals surface area contributed by atoms with Crippen LogP contribution < -0.4 is 5.32 Å². The quantitative estimate of drug-likeness (QED) is 0.497. The number of aromatic nitrogens is 2. The summed E-state index contributed by atoms with van der Waals surface area (Å²) in [6, 6.07) is 18.0. The summed E-state index contributed by atoms with van der Waals surface area (Å²) < 4.78 is 0. The Balaban J connectivity index is 1.67. The highest BCUT2D eigenvalue weighted by molar-refractivity contribution is 7.11. The van der Waals surface area contributed by atoms with Crippen LogP contribution in [0.3, 0.4) is 0 Å². The van der Waals surface area contributed by atoms with Crippen LogP contribution in [0.5, 0.6) is 0 Å². The summed E-state index contributed by atoms with van der Waals surface area (Å²) in [5, 5.41) is 22.0. The van der Waals surface area contributed by atoms with E-state index in [1.165, 1.54) is 11.3 Å². The number of aryl methyl sites for hydroxylation is 1. The minimum absolute atomic E-state index is 0.155. The van der Waals surface area contributed by atoms with Gasteiger partial charge in [0.15, 0.2) is 0 Å². The van der Waals surface area contributed by atoms with Crippen LogP contribution in [0.25, 0.3) is 11.1 Å². The monoisotopic (exact) mass is 437 g/mol. The highest BCUT2D eigenvalue weighted by atomic mass is 32.1. The van der Waals surface area contributed by atoms with Gasteiger partial charge in [-0.25, -0.2) is 0 Å². The Morgan fingerprint density at radius 3 is 2.26 bits per heavy atom. The molecule has 0 fully saturated rings. The topological polar surface area (TPSA) is 92.2 Å². The minimum Gasteiger partial charge on any atom is -0.481 e. The third-order valence-electron chi connectivity index (χ3n) is 5.09. The third kappa shape index (κ3) is 6.72. The molecule has 0 saturated carbocycles. The molecule has 31 heavy (non-hydrogen) atoms. The first-order valence-corrected chi connectivity index (χ1v) is 11.2. The molecular formula is C24H27N3O3S. The lowest BCUT2D eigenvalue weighted by molar-refractivity contribution is -0.141. The molecule has 0 bridgehead atoms. The Labute approximate surface area is 186 Å². The van der Waals surface area contributed by atoms with E-state index in [0.717, 1.165) is 28.1 Å². The maximum atomic E-state index is 12.6. The molecule has 3 aromatic rings. The first-order chi connectivity index (χ1) is 14.9. The van der Waals surface area contributed by atoms with Crippen LogP contribution in [0.1, 0.15) is 35.8 Å². The maximum absolute atomic E-state index is 12.6. The predicted octanol–water partition coefficient (Wildman–Crippen LogP) is 4.15. The Bertz CT molecular complexity index is 1000. The van der Waals surface area contributed by atoms with Crippen molar-refractivity contribution >= 4 is 23.2 Å². The summed E-state index contributed by atoms with van der Waals surface area (Å²) in [4.78, 5) is 24.0. The smallest absolute Gasteiger partial charge is 0.306 e. The molecule has 0 aliphatic carbocycles. The van der Waals surface area contributed by atoms with E-state index in [-0.39, 0.29) is 18.4 Å². The minimum atomic E-state index is -0.865. The van der Waals surface area contributed by atoms with E-state index in [0.29, 0.717) is 17.8 Å². The zero-order valence-corrected chi connectivity index (χ0v) is 18.6. The first-order valence-electron chi connectivity index (χ1n) is 10.4. The number of hydrogen-bond donors (Lipinski definition) is 2. The lowest BCUT2D eigenvalue weighted by Crippen LogP contribution is -2.39. The molecule has 3 rings (SSSR count). The number of carboxylic acid groups (broad SMARTS) is 1. The van der Waals surface area contributed by atoms with Crippen molar-refractivity contribution < 1.29 is 14.7 Å². The van der Waals surface area contributed by atoms with Crippen molar-refractivity contribution in [3.8, 4) is 11.1 Å². The number of carbonyl (C=O) groups excluding carboxylic acids is 1. The number of carboxylic acids is 1. The van der Waals surface area contributed by atoms with Gasteiger partial charge in [-0.2, -0.15) is 0 Å². The van der Waals surface area contributed by atoms with Gasteiger partial charge in [0.05, 0.1) is 12.3 Å². The molecule has 2 aromatic carbocycles.